The molecule has 0 saturated heterocycles. The molecule has 0 spiro atoms. The maximum atomic E-state index is 14.2. The number of alkyl halides is 3. The van der Waals surface area contributed by atoms with Gasteiger partial charge in [0, 0.05) is 27.4 Å². The Kier molecular flexibility index (Phi) is 5.39. The maximum absolute atomic E-state index is 14.2. The number of fused-ring (bicyclic) bond motifs is 1. The van der Waals surface area contributed by atoms with Crippen molar-refractivity contribution in [3.8, 4) is 0 Å². The summed E-state index contributed by atoms with van der Waals surface area (Å²) in [5.74, 6) is -0.543. The molecule has 1 unspecified atom stereocenters. The van der Waals surface area contributed by atoms with Crippen molar-refractivity contribution in [3.05, 3.63) is 75.5 Å². The van der Waals surface area contributed by atoms with Crippen molar-refractivity contribution in [2.45, 2.75) is 25.1 Å². The van der Waals surface area contributed by atoms with Crippen LogP contribution in [0.3, 0.4) is 0 Å². The highest BCUT2D eigenvalue weighted by molar-refractivity contribution is 6.34. The van der Waals surface area contributed by atoms with Gasteiger partial charge >= 0.3 is 12.1 Å². The average Bonchev–Trinajstić information content (AvgIpc) is 3.34. The molecule has 3 aromatic rings. The number of carbonyl (C=O) groups is 1. The normalized spacial score (nSPS) is 18.7. The molecule has 4 rings (SSSR count). The zero-order valence-electron chi connectivity index (χ0n) is 16.0. The first-order valence-electron chi connectivity index (χ1n) is 9.22. The monoisotopic (exact) mass is 470 g/mol. The molecule has 5 nitrogen and oxygen atoms in total. The van der Waals surface area contributed by atoms with Crippen molar-refractivity contribution in [1.82, 2.24) is 4.40 Å². The molecule has 162 valence electrons. The van der Waals surface area contributed by atoms with Gasteiger partial charge in [0.25, 0.3) is 5.60 Å². The summed E-state index contributed by atoms with van der Waals surface area (Å²) < 4.78 is 49.2. The second-order valence-corrected chi connectivity index (χ2v) is 7.78. The number of esters is 1. The first-order chi connectivity index (χ1) is 14.7. The Labute approximate surface area is 184 Å². The van der Waals surface area contributed by atoms with Crippen LogP contribution in [-0.4, -0.2) is 28.9 Å². The standard InChI is InChI=1S/C21H15Cl2F3N2O3/c1-2-30-19(29)18-6-5-15(17-4-3-7-28(17)18)16-11-20(31-27-16,21(24,25)26)12-8-13(22)10-14(23)9-12/h3-10H,2,11H2,1H3. The van der Waals surface area contributed by atoms with Crippen LogP contribution in [0.15, 0.2) is 53.8 Å². The molecule has 1 atom stereocenters. The highest BCUT2D eigenvalue weighted by Gasteiger charge is 2.62. The largest absolute Gasteiger partial charge is 0.461 e. The number of hydrogen-bond donors (Lipinski definition) is 0. The molecule has 0 bridgehead atoms. The summed E-state index contributed by atoms with van der Waals surface area (Å²) in [7, 11) is 0. The summed E-state index contributed by atoms with van der Waals surface area (Å²) in [4.78, 5) is 17.3. The van der Waals surface area contributed by atoms with Gasteiger partial charge in [0.05, 0.1) is 24.3 Å². The number of aromatic nitrogens is 1. The molecule has 1 aliphatic rings. The quantitative estimate of drug-likeness (QED) is 0.439. The minimum Gasteiger partial charge on any atom is -0.461 e. The van der Waals surface area contributed by atoms with Crippen LogP contribution in [0.2, 0.25) is 10.0 Å². The number of oxime groups is 1. The van der Waals surface area contributed by atoms with E-state index < -0.39 is 24.2 Å². The van der Waals surface area contributed by atoms with Crippen LogP contribution >= 0.6 is 23.2 Å². The molecule has 1 aromatic carbocycles. The molecular formula is C21H15Cl2F3N2O3. The minimum absolute atomic E-state index is 0.0518. The van der Waals surface area contributed by atoms with E-state index in [1.165, 1.54) is 18.2 Å². The Morgan fingerprint density at radius 3 is 2.58 bits per heavy atom. The third kappa shape index (κ3) is 3.64. The molecule has 3 heterocycles. The van der Waals surface area contributed by atoms with E-state index in [0.29, 0.717) is 11.1 Å². The molecular weight excluding hydrogens is 456 g/mol. The van der Waals surface area contributed by atoms with E-state index in [0.717, 1.165) is 12.1 Å². The second kappa shape index (κ2) is 7.76. The summed E-state index contributed by atoms with van der Waals surface area (Å²) in [5, 5.41) is 3.89. The van der Waals surface area contributed by atoms with E-state index in [2.05, 4.69) is 5.16 Å². The van der Waals surface area contributed by atoms with Crippen LogP contribution in [0.5, 0.6) is 0 Å². The predicted octanol–water partition coefficient (Wildman–Crippen LogP) is 6.01. The zero-order chi connectivity index (χ0) is 22.4. The van der Waals surface area contributed by atoms with Gasteiger partial charge in [0.15, 0.2) is 0 Å². The fourth-order valence-corrected chi connectivity index (χ4v) is 4.12. The molecule has 0 amide bonds. The van der Waals surface area contributed by atoms with Gasteiger partial charge in [0.2, 0.25) is 0 Å². The highest BCUT2D eigenvalue weighted by atomic mass is 35.5. The van der Waals surface area contributed by atoms with Crippen molar-refractivity contribution < 1.29 is 27.5 Å². The van der Waals surface area contributed by atoms with Crippen molar-refractivity contribution in [2.24, 2.45) is 5.16 Å². The van der Waals surface area contributed by atoms with Gasteiger partial charge in [-0.05, 0) is 49.4 Å². The number of ether oxygens (including phenoxy) is 1. The number of rotatable bonds is 4. The van der Waals surface area contributed by atoms with Crippen LogP contribution in [0.1, 0.15) is 35.0 Å². The van der Waals surface area contributed by atoms with Gasteiger partial charge in [-0.2, -0.15) is 13.2 Å². The molecule has 0 N–H and O–H groups in total. The Morgan fingerprint density at radius 1 is 1.23 bits per heavy atom. The van der Waals surface area contributed by atoms with Crippen molar-refractivity contribution in [2.75, 3.05) is 6.61 Å². The van der Waals surface area contributed by atoms with Crippen molar-refractivity contribution in [3.63, 3.8) is 0 Å². The second-order valence-electron chi connectivity index (χ2n) is 6.91. The Morgan fingerprint density at radius 2 is 1.94 bits per heavy atom. The number of carbonyl (C=O) groups excluding carboxylic acids is 1. The summed E-state index contributed by atoms with van der Waals surface area (Å²) in [6.07, 6.45) is -3.77. The fraction of sp³-hybridized carbons (Fsp3) is 0.238. The van der Waals surface area contributed by atoms with Crippen LogP contribution in [0.4, 0.5) is 13.2 Å². The minimum atomic E-state index is -4.80. The van der Waals surface area contributed by atoms with E-state index in [9.17, 15) is 18.0 Å². The molecule has 0 saturated carbocycles. The van der Waals surface area contributed by atoms with Gasteiger partial charge in [0.1, 0.15) is 5.69 Å². The Hall–Kier alpha value is -2.71. The number of nitrogens with zero attached hydrogens (tertiary/aromatic N) is 2. The van der Waals surface area contributed by atoms with Gasteiger partial charge in [-0.3, -0.25) is 0 Å². The molecule has 31 heavy (non-hydrogen) atoms. The molecule has 0 fully saturated rings. The lowest BCUT2D eigenvalue weighted by molar-refractivity contribution is -0.275. The smallest absolute Gasteiger partial charge is 0.435 e. The lowest BCUT2D eigenvalue weighted by Crippen LogP contribution is -2.42. The molecule has 1 aliphatic heterocycles. The fourth-order valence-electron chi connectivity index (χ4n) is 3.59. The Bertz CT molecular complexity index is 1190. The van der Waals surface area contributed by atoms with Crippen molar-refractivity contribution >= 4 is 40.4 Å². The number of pyridine rings is 1. The van der Waals surface area contributed by atoms with Crippen LogP contribution in [0, 0.1) is 0 Å². The van der Waals surface area contributed by atoms with Crippen molar-refractivity contribution in [1.29, 1.82) is 0 Å². The molecule has 0 aliphatic carbocycles. The molecule has 0 radical (unpaired) electrons. The summed E-state index contributed by atoms with van der Waals surface area (Å²) >= 11 is 11.9. The van der Waals surface area contributed by atoms with Crippen LogP contribution < -0.4 is 0 Å². The van der Waals surface area contributed by atoms with E-state index in [1.54, 1.807) is 29.7 Å². The topological polar surface area (TPSA) is 52.3 Å². The number of benzene rings is 1. The van der Waals surface area contributed by atoms with Gasteiger partial charge in [-0.1, -0.05) is 28.4 Å². The van der Waals surface area contributed by atoms with Gasteiger partial charge in [-0.25, -0.2) is 4.79 Å². The van der Waals surface area contributed by atoms with Crippen LogP contribution in [0.25, 0.3) is 5.52 Å². The van der Waals surface area contributed by atoms with Gasteiger partial charge in [-0.15, -0.1) is 0 Å². The van der Waals surface area contributed by atoms with E-state index >= 15 is 0 Å². The summed E-state index contributed by atoms with van der Waals surface area (Å²) in [6.45, 7) is 1.88. The first-order valence-corrected chi connectivity index (χ1v) is 9.98. The van der Waals surface area contributed by atoms with E-state index in [4.69, 9.17) is 32.8 Å². The third-order valence-electron chi connectivity index (χ3n) is 5.00. The van der Waals surface area contributed by atoms with E-state index in [1.807, 2.05) is 0 Å². The predicted molar refractivity (Wildman–Crippen MR) is 110 cm³/mol. The van der Waals surface area contributed by atoms with Gasteiger partial charge < -0.3 is 14.0 Å². The lowest BCUT2D eigenvalue weighted by Gasteiger charge is -2.29. The molecule has 2 aromatic heterocycles. The average molecular weight is 471 g/mol. The number of halogens is 5. The Balaban J connectivity index is 1.78. The maximum Gasteiger partial charge on any atom is 0.435 e. The summed E-state index contributed by atoms with van der Waals surface area (Å²) in [6, 6.07) is 10.0. The molecule has 10 heteroatoms. The number of hydrogen-bond acceptors (Lipinski definition) is 4. The highest BCUT2D eigenvalue weighted by Crippen LogP contribution is 2.50. The first kappa shape index (κ1) is 21.5. The zero-order valence-corrected chi connectivity index (χ0v) is 17.6. The third-order valence-corrected chi connectivity index (χ3v) is 5.44. The van der Waals surface area contributed by atoms with Crippen LogP contribution in [-0.2, 0) is 15.2 Å². The van der Waals surface area contributed by atoms with E-state index in [-0.39, 0.29) is 33.6 Å². The lowest BCUT2D eigenvalue weighted by atomic mass is 9.86. The summed E-state index contributed by atoms with van der Waals surface area (Å²) in [5.41, 5.74) is -1.76. The SMILES string of the molecule is CCOC(=O)c1ccc(C2=NOC(c3cc(Cl)cc(Cl)c3)(C(F)(F)F)C2)c2cccn12.